The predicted octanol–water partition coefficient (Wildman–Crippen LogP) is 2.76. The second-order valence-electron chi connectivity index (χ2n) is 5.08. The molecule has 2 rings (SSSR count). The zero-order valence-corrected chi connectivity index (χ0v) is 10.9. The summed E-state index contributed by atoms with van der Waals surface area (Å²) >= 11 is 0. The Hall–Kier alpha value is -1.15. The Morgan fingerprint density at radius 3 is 2.47 bits per heavy atom. The first kappa shape index (κ1) is 12.3. The van der Waals surface area contributed by atoms with Gasteiger partial charge >= 0.3 is 0 Å². The molecule has 17 heavy (non-hydrogen) atoms. The van der Waals surface area contributed by atoms with Crippen molar-refractivity contribution in [2.75, 3.05) is 13.2 Å². The van der Waals surface area contributed by atoms with Crippen molar-refractivity contribution >= 4 is 5.78 Å². The molecule has 92 valence electrons. The molecule has 2 nitrogen and oxygen atoms in total. The minimum atomic E-state index is 0.120. The van der Waals surface area contributed by atoms with Gasteiger partial charge in [0.25, 0.3) is 0 Å². The number of hydrogen-bond donors (Lipinski definition) is 0. The van der Waals surface area contributed by atoms with E-state index in [1.807, 2.05) is 0 Å². The van der Waals surface area contributed by atoms with E-state index in [1.165, 1.54) is 22.3 Å². The van der Waals surface area contributed by atoms with Gasteiger partial charge in [-0.3, -0.25) is 4.79 Å². The van der Waals surface area contributed by atoms with Crippen LogP contribution >= 0.6 is 0 Å². The number of rotatable bonds is 3. The molecule has 0 amide bonds. The molecule has 1 heterocycles. The molecule has 0 bridgehead atoms. The molecule has 1 aliphatic heterocycles. The van der Waals surface area contributed by atoms with Crippen LogP contribution in [-0.4, -0.2) is 19.0 Å². The highest BCUT2D eigenvalue weighted by Crippen LogP contribution is 2.21. The van der Waals surface area contributed by atoms with Crippen molar-refractivity contribution in [3.63, 3.8) is 0 Å². The van der Waals surface area contributed by atoms with Crippen LogP contribution in [-0.2, 0) is 16.0 Å². The number of aryl methyl sites for hydroxylation is 3. The number of hydrogen-bond acceptors (Lipinski definition) is 2. The molecule has 1 unspecified atom stereocenters. The van der Waals surface area contributed by atoms with Crippen molar-refractivity contribution in [1.29, 1.82) is 0 Å². The van der Waals surface area contributed by atoms with Crippen LogP contribution in [0.5, 0.6) is 0 Å². The number of benzene rings is 1. The van der Waals surface area contributed by atoms with E-state index in [0.717, 1.165) is 13.0 Å². The number of ether oxygens (including phenoxy) is 1. The minimum absolute atomic E-state index is 0.120. The van der Waals surface area contributed by atoms with Gasteiger partial charge in [0.2, 0.25) is 0 Å². The molecule has 0 spiro atoms. The fourth-order valence-electron chi connectivity index (χ4n) is 2.60. The summed E-state index contributed by atoms with van der Waals surface area (Å²) in [6.45, 7) is 7.63. The number of ketones is 1. The van der Waals surface area contributed by atoms with Gasteiger partial charge in [0.1, 0.15) is 5.78 Å². The number of Topliss-reactive ketones (excluding diaryl/α,β-unsaturated/α-hetero) is 1. The van der Waals surface area contributed by atoms with Gasteiger partial charge in [0.15, 0.2) is 0 Å². The van der Waals surface area contributed by atoms with Gasteiger partial charge in [-0.2, -0.15) is 0 Å². The molecule has 1 fully saturated rings. The summed E-state index contributed by atoms with van der Waals surface area (Å²) in [6, 6.07) is 4.31. The first-order chi connectivity index (χ1) is 8.08. The quantitative estimate of drug-likeness (QED) is 0.801. The third-order valence-corrected chi connectivity index (χ3v) is 3.58. The van der Waals surface area contributed by atoms with Gasteiger partial charge < -0.3 is 4.74 Å². The third-order valence-electron chi connectivity index (χ3n) is 3.58. The molecule has 0 N–H and O–H groups in total. The van der Waals surface area contributed by atoms with Crippen molar-refractivity contribution in [1.82, 2.24) is 0 Å². The van der Waals surface area contributed by atoms with Crippen LogP contribution in [0, 0.1) is 26.7 Å². The van der Waals surface area contributed by atoms with Crippen LogP contribution in [0.2, 0.25) is 0 Å². The van der Waals surface area contributed by atoms with Crippen molar-refractivity contribution in [3.8, 4) is 0 Å². The van der Waals surface area contributed by atoms with Crippen molar-refractivity contribution in [2.45, 2.75) is 33.6 Å². The molecule has 0 aliphatic carbocycles. The summed E-state index contributed by atoms with van der Waals surface area (Å²) in [5.41, 5.74) is 4.93. The minimum Gasteiger partial charge on any atom is -0.381 e. The SMILES string of the molecule is Cc1cc(C)c(CC(=O)C2CCOC2)c(C)c1. The van der Waals surface area contributed by atoms with Gasteiger partial charge in [-0.25, -0.2) is 0 Å². The predicted molar refractivity (Wildman–Crippen MR) is 68.3 cm³/mol. The van der Waals surface area contributed by atoms with Crippen molar-refractivity contribution in [2.24, 2.45) is 5.92 Å². The Balaban J connectivity index is 2.15. The fourth-order valence-corrected chi connectivity index (χ4v) is 2.60. The molecule has 0 saturated carbocycles. The van der Waals surface area contributed by atoms with Crippen LogP contribution in [0.1, 0.15) is 28.7 Å². The van der Waals surface area contributed by atoms with Gasteiger partial charge in [-0.1, -0.05) is 17.7 Å². The highest BCUT2D eigenvalue weighted by atomic mass is 16.5. The summed E-state index contributed by atoms with van der Waals surface area (Å²) in [5.74, 6) is 0.452. The first-order valence-corrected chi connectivity index (χ1v) is 6.25. The molecule has 1 aromatic rings. The monoisotopic (exact) mass is 232 g/mol. The van der Waals surface area contributed by atoms with Gasteiger partial charge in [-0.15, -0.1) is 0 Å². The molecule has 0 radical (unpaired) electrons. The maximum Gasteiger partial charge on any atom is 0.142 e. The van der Waals surface area contributed by atoms with E-state index >= 15 is 0 Å². The highest BCUT2D eigenvalue weighted by Gasteiger charge is 2.24. The molecule has 2 heteroatoms. The number of carbonyl (C=O) groups is 1. The lowest BCUT2D eigenvalue weighted by atomic mass is 9.91. The second kappa shape index (κ2) is 5.01. The standard InChI is InChI=1S/C15H20O2/c1-10-6-11(2)14(12(3)7-10)8-15(16)13-4-5-17-9-13/h6-7,13H,4-5,8-9H2,1-3H3. The maximum absolute atomic E-state index is 12.1. The van der Waals surface area contributed by atoms with Gasteiger partial charge in [0.05, 0.1) is 6.61 Å². The lowest BCUT2D eigenvalue weighted by molar-refractivity contribution is -0.122. The molecular formula is C15H20O2. The van der Waals surface area contributed by atoms with E-state index in [9.17, 15) is 4.79 Å². The molecule has 1 aliphatic rings. The van der Waals surface area contributed by atoms with Gasteiger partial charge in [0, 0.05) is 18.9 Å². The normalized spacial score (nSPS) is 19.6. The number of carbonyl (C=O) groups excluding carboxylic acids is 1. The summed E-state index contributed by atoms with van der Waals surface area (Å²) in [5, 5.41) is 0. The van der Waals surface area contributed by atoms with Crippen molar-refractivity contribution < 1.29 is 9.53 Å². The highest BCUT2D eigenvalue weighted by molar-refractivity contribution is 5.84. The van der Waals surface area contributed by atoms with Crippen LogP contribution < -0.4 is 0 Å². The topological polar surface area (TPSA) is 26.3 Å². The Morgan fingerprint density at radius 1 is 1.29 bits per heavy atom. The smallest absolute Gasteiger partial charge is 0.142 e. The Bertz CT molecular complexity index is 406. The van der Waals surface area contributed by atoms with E-state index < -0.39 is 0 Å². The van der Waals surface area contributed by atoms with Crippen LogP contribution in [0.3, 0.4) is 0 Å². The summed E-state index contributed by atoms with van der Waals surface area (Å²) < 4.78 is 5.27. The Morgan fingerprint density at radius 2 is 1.94 bits per heavy atom. The second-order valence-corrected chi connectivity index (χ2v) is 5.08. The lowest BCUT2D eigenvalue weighted by Crippen LogP contribution is -2.17. The molecular weight excluding hydrogens is 212 g/mol. The largest absolute Gasteiger partial charge is 0.381 e. The zero-order valence-electron chi connectivity index (χ0n) is 10.9. The molecule has 1 atom stereocenters. The van der Waals surface area contributed by atoms with Gasteiger partial charge in [-0.05, 0) is 43.9 Å². The van der Waals surface area contributed by atoms with E-state index in [0.29, 0.717) is 18.8 Å². The average Bonchev–Trinajstić information content (AvgIpc) is 2.76. The van der Waals surface area contributed by atoms with E-state index in [1.54, 1.807) is 0 Å². The molecule has 1 saturated heterocycles. The fraction of sp³-hybridized carbons (Fsp3) is 0.533. The maximum atomic E-state index is 12.1. The Kier molecular flexibility index (Phi) is 3.63. The van der Waals surface area contributed by atoms with E-state index in [4.69, 9.17) is 4.74 Å². The zero-order chi connectivity index (χ0) is 12.4. The summed E-state index contributed by atoms with van der Waals surface area (Å²) in [7, 11) is 0. The third kappa shape index (κ3) is 2.75. The van der Waals surface area contributed by atoms with Crippen molar-refractivity contribution in [3.05, 3.63) is 34.4 Å². The van der Waals surface area contributed by atoms with Crippen LogP contribution in [0.4, 0.5) is 0 Å². The summed E-state index contributed by atoms with van der Waals surface area (Å²) in [4.78, 5) is 12.1. The summed E-state index contributed by atoms with van der Waals surface area (Å²) in [6.07, 6.45) is 1.45. The average molecular weight is 232 g/mol. The Labute approximate surface area is 103 Å². The van der Waals surface area contributed by atoms with E-state index in [2.05, 4.69) is 32.9 Å². The first-order valence-electron chi connectivity index (χ1n) is 6.25. The van der Waals surface area contributed by atoms with E-state index in [-0.39, 0.29) is 5.92 Å². The molecule has 0 aromatic heterocycles. The van der Waals surface area contributed by atoms with Crippen LogP contribution in [0.25, 0.3) is 0 Å². The molecule has 1 aromatic carbocycles. The van der Waals surface area contributed by atoms with Crippen LogP contribution in [0.15, 0.2) is 12.1 Å². The lowest BCUT2D eigenvalue weighted by Gasteiger charge is -2.12.